The van der Waals surface area contributed by atoms with E-state index in [-0.39, 0.29) is 30.2 Å². The zero-order chi connectivity index (χ0) is 15.7. The van der Waals surface area contributed by atoms with E-state index in [4.69, 9.17) is 10.2 Å². The van der Waals surface area contributed by atoms with Crippen LogP contribution in [-0.4, -0.2) is 30.4 Å². The quantitative estimate of drug-likeness (QED) is 0.858. The molecule has 1 aliphatic rings. The van der Waals surface area contributed by atoms with E-state index in [1.165, 1.54) is 5.56 Å². The first kappa shape index (κ1) is 18.0. The second-order valence-corrected chi connectivity index (χ2v) is 6.57. The highest BCUT2D eigenvalue weighted by molar-refractivity contribution is 9.10. The van der Waals surface area contributed by atoms with E-state index in [1.807, 2.05) is 36.1 Å². The Bertz CT molecular complexity index is 674. The van der Waals surface area contributed by atoms with E-state index >= 15 is 0 Å². The highest BCUT2D eigenvalue weighted by Crippen LogP contribution is 2.33. The van der Waals surface area contributed by atoms with Gasteiger partial charge in [-0.05, 0) is 46.9 Å². The summed E-state index contributed by atoms with van der Waals surface area (Å²) in [4.78, 5) is 14.5. The Labute approximate surface area is 150 Å². The maximum absolute atomic E-state index is 12.7. The Hall–Kier alpha value is -1.30. The van der Waals surface area contributed by atoms with Gasteiger partial charge in [0.1, 0.15) is 0 Å². The van der Waals surface area contributed by atoms with Crippen LogP contribution < -0.4 is 5.73 Å². The molecule has 2 atom stereocenters. The van der Waals surface area contributed by atoms with Crippen molar-refractivity contribution in [1.29, 1.82) is 0 Å². The summed E-state index contributed by atoms with van der Waals surface area (Å²) in [6.07, 6.45) is 0. The smallest absolute Gasteiger partial charge is 0.289 e. The standard InChI is InChI=1S/C17H19BrN2O2.ClH/c1-11-7-15(18)22-16(11)17(21)20-9-13(8-19)14(10-20)12-5-3-2-4-6-12;/h2-7,13-14H,8-10,19H2,1H3;1H/t13-,14+;/m1./s1. The highest BCUT2D eigenvalue weighted by Gasteiger charge is 2.36. The van der Waals surface area contributed by atoms with Gasteiger partial charge in [0, 0.05) is 24.6 Å². The Morgan fingerprint density at radius 2 is 2.04 bits per heavy atom. The van der Waals surface area contributed by atoms with E-state index in [1.54, 1.807) is 0 Å². The molecule has 0 spiro atoms. The number of nitrogens with two attached hydrogens (primary N) is 1. The highest BCUT2D eigenvalue weighted by atomic mass is 79.9. The molecule has 4 nitrogen and oxygen atoms in total. The SMILES string of the molecule is Cc1cc(Br)oc1C(=O)N1C[C@@H](CN)[C@H](c2ccccc2)C1.Cl. The summed E-state index contributed by atoms with van der Waals surface area (Å²) < 4.78 is 6.08. The van der Waals surface area contributed by atoms with E-state index in [0.29, 0.717) is 30.1 Å². The molecule has 1 amide bonds. The van der Waals surface area contributed by atoms with Gasteiger partial charge in [-0.3, -0.25) is 4.79 Å². The molecule has 6 heteroatoms. The number of amides is 1. The fourth-order valence-corrected chi connectivity index (χ4v) is 3.66. The maximum Gasteiger partial charge on any atom is 0.289 e. The summed E-state index contributed by atoms with van der Waals surface area (Å²) in [6.45, 7) is 3.81. The molecule has 124 valence electrons. The van der Waals surface area contributed by atoms with Crippen molar-refractivity contribution in [1.82, 2.24) is 4.90 Å². The Morgan fingerprint density at radius 1 is 1.35 bits per heavy atom. The van der Waals surface area contributed by atoms with Gasteiger partial charge in [-0.2, -0.15) is 0 Å². The van der Waals surface area contributed by atoms with Gasteiger partial charge in [-0.15, -0.1) is 12.4 Å². The average Bonchev–Trinajstić information content (AvgIpc) is 3.10. The third-order valence-electron chi connectivity index (χ3n) is 4.34. The summed E-state index contributed by atoms with van der Waals surface area (Å²) in [5.41, 5.74) is 8.02. The summed E-state index contributed by atoms with van der Waals surface area (Å²) in [7, 11) is 0. The number of furan rings is 1. The monoisotopic (exact) mass is 398 g/mol. The molecule has 1 fully saturated rings. The molecular weight excluding hydrogens is 380 g/mol. The summed E-state index contributed by atoms with van der Waals surface area (Å²) in [6, 6.07) is 12.1. The van der Waals surface area contributed by atoms with Gasteiger partial charge in [-0.25, -0.2) is 0 Å². The second kappa shape index (κ2) is 7.51. The largest absolute Gasteiger partial charge is 0.444 e. The fourth-order valence-electron chi connectivity index (χ4n) is 3.15. The van der Waals surface area contributed by atoms with Gasteiger partial charge in [0.25, 0.3) is 5.91 Å². The van der Waals surface area contributed by atoms with Gasteiger partial charge < -0.3 is 15.1 Å². The van der Waals surface area contributed by atoms with E-state index in [2.05, 4.69) is 28.1 Å². The van der Waals surface area contributed by atoms with Crippen molar-refractivity contribution in [2.24, 2.45) is 11.7 Å². The number of hydrogen-bond acceptors (Lipinski definition) is 3. The van der Waals surface area contributed by atoms with Gasteiger partial charge >= 0.3 is 0 Å². The number of aryl methyl sites for hydroxylation is 1. The average molecular weight is 400 g/mol. The fraction of sp³-hybridized carbons (Fsp3) is 0.353. The Kier molecular flexibility index (Phi) is 5.89. The van der Waals surface area contributed by atoms with Crippen LogP contribution in [0.2, 0.25) is 0 Å². The predicted molar refractivity (Wildman–Crippen MR) is 96.0 cm³/mol. The molecule has 2 N–H and O–H groups in total. The molecule has 0 unspecified atom stereocenters. The third-order valence-corrected chi connectivity index (χ3v) is 4.73. The number of halogens is 2. The lowest BCUT2D eigenvalue weighted by Crippen LogP contribution is -2.30. The molecule has 1 saturated heterocycles. The summed E-state index contributed by atoms with van der Waals surface area (Å²) in [5.74, 6) is 0.926. The van der Waals surface area contributed by atoms with Gasteiger partial charge in [-0.1, -0.05) is 30.3 Å². The lowest BCUT2D eigenvalue weighted by atomic mass is 9.89. The Balaban J connectivity index is 0.00000192. The van der Waals surface area contributed by atoms with Crippen LogP contribution in [0.25, 0.3) is 0 Å². The molecule has 23 heavy (non-hydrogen) atoms. The minimum atomic E-state index is -0.0555. The van der Waals surface area contributed by atoms with E-state index < -0.39 is 0 Å². The van der Waals surface area contributed by atoms with Crippen molar-refractivity contribution in [3.63, 3.8) is 0 Å². The van der Waals surface area contributed by atoms with Crippen LogP contribution in [0.5, 0.6) is 0 Å². The Morgan fingerprint density at radius 3 is 2.61 bits per heavy atom. The van der Waals surface area contributed by atoms with Crippen molar-refractivity contribution >= 4 is 34.2 Å². The van der Waals surface area contributed by atoms with Crippen LogP contribution in [0.15, 0.2) is 45.5 Å². The molecular formula is C17H20BrClN2O2. The lowest BCUT2D eigenvalue weighted by Gasteiger charge is -2.16. The predicted octanol–water partition coefficient (Wildman–Crippen LogP) is 3.59. The first-order chi connectivity index (χ1) is 10.6. The molecule has 1 aromatic heterocycles. The first-order valence-corrected chi connectivity index (χ1v) is 8.19. The first-order valence-electron chi connectivity index (χ1n) is 7.40. The van der Waals surface area contributed by atoms with Crippen molar-refractivity contribution in [3.8, 4) is 0 Å². The number of likely N-dealkylation sites (tertiary alicyclic amines) is 1. The van der Waals surface area contributed by atoms with Crippen LogP contribution in [0.1, 0.15) is 27.6 Å². The van der Waals surface area contributed by atoms with Crippen molar-refractivity contribution in [2.45, 2.75) is 12.8 Å². The van der Waals surface area contributed by atoms with Gasteiger partial charge in [0.2, 0.25) is 0 Å². The lowest BCUT2D eigenvalue weighted by molar-refractivity contribution is 0.0752. The maximum atomic E-state index is 12.7. The number of rotatable bonds is 3. The van der Waals surface area contributed by atoms with E-state index in [9.17, 15) is 4.79 Å². The van der Waals surface area contributed by atoms with Gasteiger partial charge in [0.15, 0.2) is 10.4 Å². The molecule has 0 bridgehead atoms. The number of carbonyl (C=O) groups is 1. The number of benzene rings is 1. The molecule has 2 aromatic rings. The third kappa shape index (κ3) is 3.62. The minimum absolute atomic E-state index is 0. The molecule has 2 heterocycles. The van der Waals surface area contributed by atoms with Gasteiger partial charge in [0.05, 0.1) is 0 Å². The summed E-state index contributed by atoms with van der Waals surface area (Å²) >= 11 is 3.28. The van der Waals surface area contributed by atoms with Crippen LogP contribution in [0.4, 0.5) is 0 Å². The number of nitrogens with zero attached hydrogens (tertiary/aromatic N) is 1. The van der Waals surface area contributed by atoms with Crippen LogP contribution in [0.3, 0.4) is 0 Å². The van der Waals surface area contributed by atoms with Crippen LogP contribution >= 0.6 is 28.3 Å². The molecule has 0 aliphatic carbocycles. The summed E-state index contributed by atoms with van der Waals surface area (Å²) in [5, 5.41) is 0. The molecule has 1 aliphatic heterocycles. The zero-order valence-corrected chi connectivity index (χ0v) is 15.3. The van der Waals surface area contributed by atoms with Crippen LogP contribution in [-0.2, 0) is 0 Å². The normalized spacial score (nSPS) is 20.4. The van der Waals surface area contributed by atoms with E-state index in [0.717, 1.165) is 5.56 Å². The zero-order valence-electron chi connectivity index (χ0n) is 12.9. The topological polar surface area (TPSA) is 59.5 Å². The van der Waals surface area contributed by atoms with Crippen LogP contribution in [0, 0.1) is 12.8 Å². The second-order valence-electron chi connectivity index (χ2n) is 5.79. The molecule has 3 rings (SSSR count). The molecule has 0 radical (unpaired) electrons. The van der Waals surface area contributed by atoms with Crippen molar-refractivity contribution < 1.29 is 9.21 Å². The number of carbonyl (C=O) groups excluding carboxylic acids is 1. The van der Waals surface area contributed by atoms with Crippen molar-refractivity contribution in [2.75, 3.05) is 19.6 Å². The number of hydrogen-bond donors (Lipinski definition) is 1. The molecule has 1 aromatic carbocycles. The van der Waals surface area contributed by atoms with Crippen molar-refractivity contribution in [3.05, 3.63) is 58.0 Å². The minimum Gasteiger partial charge on any atom is -0.444 e. The molecule has 0 saturated carbocycles.